The number of rotatable bonds is 62. The van der Waals surface area contributed by atoms with Crippen LogP contribution in [0.25, 0.3) is 0 Å². The highest BCUT2D eigenvalue weighted by Crippen LogP contribution is 2.17. The first-order valence-corrected chi connectivity index (χ1v) is 35.8. The summed E-state index contributed by atoms with van der Waals surface area (Å²) in [7, 11) is 0. The number of piperazine rings is 1. The van der Waals surface area contributed by atoms with E-state index in [2.05, 4.69) is 61.1 Å². The highest BCUT2D eigenvalue weighted by molar-refractivity contribution is 5.71. The Balaban J connectivity index is 2.52. The van der Waals surface area contributed by atoms with Crippen molar-refractivity contribution in [1.29, 1.82) is 0 Å². The number of ether oxygens (including phenoxy) is 6. The molecule has 0 bridgehead atoms. The molecule has 0 amide bonds. The summed E-state index contributed by atoms with van der Waals surface area (Å²) >= 11 is 0. The molecule has 86 heavy (non-hydrogen) atoms. The molecule has 0 aliphatic carbocycles. The van der Waals surface area contributed by atoms with Crippen molar-refractivity contribution in [2.24, 2.45) is 0 Å². The molecule has 0 N–H and O–H groups in total. The maximum absolute atomic E-state index is 13.0. The van der Waals surface area contributed by atoms with Gasteiger partial charge < -0.3 is 38.2 Å². The average Bonchev–Trinajstić information content (AvgIpc) is 3.57. The smallest absolute Gasteiger partial charge is 0.307 e. The summed E-state index contributed by atoms with van der Waals surface area (Å²) in [5.74, 6) is -1.46. The second kappa shape index (κ2) is 59.3. The lowest BCUT2D eigenvalue weighted by Crippen LogP contribution is -2.57. The fourth-order valence-electron chi connectivity index (χ4n) is 11.1. The summed E-state index contributed by atoms with van der Waals surface area (Å²) < 4.78 is 33.7. The van der Waals surface area contributed by atoms with E-state index in [4.69, 9.17) is 28.4 Å². The molecule has 1 aliphatic rings. The fourth-order valence-corrected chi connectivity index (χ4v) is 11.1. The van der Waals surface area contributed by atoms with Crippen molar-refractivity contribution >= 4 is 35.8 Å². The van der Waals surface area contributed by atoms with Gasteiger partial charge in [0.25, 0.3) is 0 Å². The van der Waals surface area contributed by atoms with E-state index in [1.807, 2.05) is 0 Å². The van der Waals surface area contributed by atoms with Crippen molar-refractivity contribution in [2.75, 3.05) is 105 Å². The lowest BCUT2D eigenvalue weighted by Gasteiger charge is -2.44. The van der Waals surface area contributed by atoms with Gasteiger partial charge >= 0.3 is 35.8 Å². The molecule has 0 aromatic carbocycles. The Bertz CT molecular complexity index is 1450. The third-order valence-electron chi connectivity index (χ3n) is 16.8. The molecule has 16 heteroatoms. The second-order valence-corrected chi connectivity index (χ2v) is 24.8. The van der Waals surface area contributed by atoms with Crippen LogP contribution in [0.5, 0.6) is 0 Å². The SMILES string of the molecule is CCCCCCCCCCOC(=O)CCN(CCCC(=O)OCCN1CC(C)N(CCOC(=O)CCCN(CCC(=O)OCCCCCCCCCC)CCC(=O)OCCCCCCCCCC)CC1C)CCC(=O)OCCCCCCCCCC. The summed E-state index contributed by atoms with van der Waals surface area (Å²) in [4.78, 5) is 85.5. The minimum absolute atomic E-state index is 0.212. The van der Waals surface area contributed by atoms with Gasteiger partial charge in [-0.25, -0.2) is 0 Å². The van der Waals surface area contributed by atoms with Crippen LogP contribution in [-0.4, -0.2) is 173 Å². The van der Waals surface area contributed by atoms with E-state index in [-0.39, 0.29) is 99.6 Å². The Morgan fingerprint density at radius 3 is 0.733 bits per heavy atom. The highest BCUT2D eigenvalue weighted by Gasteiger charge is 2.29. The Kier molecular flexibility index (Phi) is 55.6. The molecule has 0 aromatic rings. The van der Waals surface area contributed by atoms with Gasteiger partial charge in [-0.3, -0.25) is 38.6 Å². The van der Waals surface area contributed by atoms with Crippen LogP contribution in [0, 0.1) is 0 Å². The summed E-state index contributed by atoms with van der Waals surface area (Å²) in [5.41, 5.74) is 0. The van der Waals surface area contributed by atoms with Gasteiger partial charge in [-0.15, -0.1) is 0 Å². The van der Waals surface area contributed by atoms with Crippen LogP contribution in [0.15, 0.2) is 0 Å². The number of carbonyl (C=O) groups excluding carboxylic acids is 6. The Hall–Kier alpha value is -3.34. The van der Waals surface area contributed by atoms with Gasteiger partial charge in [0.05, 0.1) is 52.1 Å². The predicted octanol–water partition coefficient (Wildman–Crippen LogP) is 14.9. The van der Waals surface area contributed by atoms with Gasteiger partial charge in [-0.05, 0) is 65.5 Å². The molecule has 1 saturated heterocycles. The quantitative estimate of drug-likeness (QED) is 0.0320. The Morgan fingerprint density at radius 1 is 0.279 bits per heavy atom. The molecule has 0 aromatic heterocycles. The van der Waals surface area contributed by atoms with Crippen molar-refractivity contribution in [2.45, 2.75) is 310 Å². The third kappa shape index (κ3) is 50.5. The molecule has 504 valence electrons. The Morgan fingerprint density at radius 2 is 0.488 bits per heavy atom. The van der Waals surface area contributed by atoms with Gasteiger partial charge in [0.1, 0.15) is 13.2 Å². The van der Waals surface area contributed by atoms with Gasteiger partial charge in [-0.1, -0.05) is 207 Å². The molecular formula is C70H132N4O12. The zero-order valence-corrected chi connectivity index (χ0v) is 56.4. The molecule has 2 atom stereocenters. The highest BCUT2D eigenvalue weighted by atomic mass is 16.6. The van der Waals surface area contributed by atoms with E-state index in [1.54, 1.807) is 0 Å². The minimum Gasteiger partial charge on any atom is -0.466 e. The molecule has 16 nitrogen and oxygen atoms in total. The average molecular weight is 1220 g/mol. The number of carbonyl (C=O) groups is 6. The lowest BCUT2D eigenvalue weighted by atomic mass is 10.1. The number of esters is 6. The summed E-state index contributed by atoms with van der Waals surface area (Å²) in [6.45, 7) is 21.3. The van der Waals surface area contributed by atoms with Gasteiger partial charge in [0, 0.05) is 77.3 Å². The first-order chi connectivity index (χ1) is 41.9. The van der Waals surface area contributed by atoms with Gasteiger partial charge in [0.15, 0.2) is 0 Å². The van der Waals surface area contributed by atoms with E-state index in [1.165, 1.54) is 154 Å². The second-order valence-electron chi connectivity index (χ2n) is 24.8. The predicted molar refractivity (Wildman–Crippen MR) is 348 cm³/mol. The van der Waals surface area contributed by atoms with Gasteiger partial charge in [-0.2, -0.15) is 0 Å². The molecule has 1 aliphatic heterocycles. The topological polar surface area (TPSA) is 171 Å². The first-order valence-electron chi connectivity index (χ1n) is 35.8. The van der Waals surface area contributed by atoms with Crippen LogP contribution < -0.4 is 0 Å². The van der Waals surface area contributed by atoms with Crippen LogP contribution in [-0.2, 0) is 57.2 Å². The van der Waals surface area contributed by atoms with Crippen molar-refractivity contribution in [3.8, 4) is 0 Å². The number of hydrogen-bond acceptors (Lipinski definition) is 16. The molecule has 0 spiro atoms. The van der Waals surface area contributed by atoms with E-state index in [0.717, 1.165) is 64.5 Å². The van der Waals surface area contributed by atoms with E-state index in [9.17, 15) is 28.8 Å². The zero-order chi connectivity index (χ0) is 62.8. The van der Waals surface area contributed by atoms with Crippen LogP contribution in [0.1, 0.15) is 298 Å². The summed E-state index contributed by atoms with van der Waals surface area (Å²) in [5, 5.41) is 0. The van der Waals surface area contributed by atoms with Crippen molar-refractivity contribution in [1.82, 2.24) is 19.6 Å². The summed E-state index contributed by atoms with van der Waals surface area (Å²) in [6.07, 6.45) is 40.2. The van der Waals surface area contributed by atoms with Crippen molar-refractivity contribution < 1.29 is 57.2 Å². The van der Waals surface area contributed by atoms with E-state index in [0.29, 0.717) is 91.6 Å². The maximum Gasteiger partial charge on any atom is 0.307 e. The summed E-state index contributed by atoms with van der Waals surface area (Å²) in [6, 6.07) is 0.424. The minimum atomic E-state index is -0.262. The standard InChI is InChI=1S/C70H132N4O12/c1-7-11-15-19-23-27-31-35-55-81-67(77)43-49-71(50-44-68(78)82-56-36-32-28-24-20-16-12-8-2)47-39-41-65(75)85-59-53-73-61-64(6)74(62-63(73)5)54-60-86-66(76)42-40-48-72(51-45-69(79)83-57-37-33-29-25-21-17-13-9-3)52-46-70(80)84-58-38-34-30-26-22-18-14-10-4/h63-64H,7-62H2,1-6H3. The maximum atomic E-state index is 13.0. The monoisotopic (exact) mass is 1220 g/mol. The third-order valence-corrected chi connectivity index (χ3v) is 16.8. The van der Waals surface area contributed by atoms with Crippen LogP contribution in [0.3, 0.4) is 0 Å². The van der Waals surface area contributed by atoms with Crippen molar-refractivity contribution in [3.63, 3.8) is 0 Å². The molecule has 0 radical (unpaired) electrons. The van der Waals surface area contributed by atoms with Crippen molar-refractivity contribution in [3.05, 3.63) is 0 Å². The van der Waals surface area contributed by atoms with Crippen LogP contribution in [0.4, 0.5) is 0 Å². The van der Waals surface area contributed by atoms with E-state index < -0.39 is 0 Å². The fraction of sp³-hybridized carbons (Fsp3) is 0.914. The van der Waals surface area contributed by atoms with E-state index >= 15 is 0 Å². The lowest BCUT2D eigenvalue weighted by molar-refractivity contribution is -0.146. The molecule has 2 unspecified atom stereocenters. The Labute approximate surface area is 526 Å². The number of nitrogens with zero attached hydrogens (tertiary/aromatic N) is 4. The van der Waals surface area contributed by atoms with Crippen LogP contribution >= 0.6 is 0 Å². The molecule has 1 rings (SSSR count). The molecule has 1 fully saturated rings. The normalized spacial score (nSPS) is 14.7. The van der Waals surface area contributed by atoms with Gasteiger partial charge in [0.2, 0.25) is 0 Å². The zero-order valence-electron chi connectivity index (χ0n) is 56.4. The molecule has 0 saturated carbocycles. The largest absolute Gasteiger partial charge is 0.466 e. The molecular weight excluding hydrogens is 1090 g/mol. The number of hydrogen-bond donors (Lipinski definition) is 0. The van der Waals surface area contributed by atoms with Crippen LogP contribution in [0.2, 0.25) is 0 Å². The molecule has 1 heterocycles. The number of unbranched alkanes of at least 4 members (excludes halogenated alkanes) is 28. The first kappa shape index (κ1) is 80.7.